The quantitative estimate of drug-likeness (QED) is 0.442. The summed E-state index contributed by atoms with van der Waals surface area (Å²) in [6.45, 7) is 2.68. The van der Waals surface area contributed by atoms with Gasteiger partial charge >= 0.3 is 5.97 Å². The molecule has 0 atom stereocenters. The van der Waals surface area contributed by atoms with Gasteiger partial charge in [-0.15, -0.1) is 12.4 Å². The van der Waals surface area contributed by atoms with E-state index in [1.54, 1.807) is 6.07 Å². The lowest BCUT2D eigenvalue weighted by Crippen LogP contribution is -2.07. The van der Waals surface area contributed by atoms with E-state index in [2.05, 4.69) is 11.9 Å². The Kier molecular flexibility index (Phi) is 7.77. The van der Waals surface area contributed by atoms with Gasteiger partial charge in [0.15, 0.2) is 5.75 Å². The summed E-state index contributed by atoms with van der Waals surface area (Å²) in [4.78, 5) is 24.6. The third kappa shape index (κ3) is 4.93. The summed E-state index contributed by atoms with van der Waals surface area (Å²) in [5.74, 6) is 0.184. The number of benzene rings is 1. The van der Waals surface area contributed by atoms with Crippen LogP contribution in [0.2, 0.25) is 0 Å². The molecule has 5 nitrogen and oxygen atoms in total. The van der Waals surface area contributed by atoms with Crippen LogP contribution in [0.3, 0.4) is 0 Å². The Morgan fingerprint density at radius 2 is 2.14 bits per heavy atom. The number of halogens is 1. The second kappa shape index (κ2) is 9.33. The number of aromatic nitrogens is 1. The van der Waals surface area contributed by atoms with Gasteiger partial charge in [0.1, 0.15) is 0 Å². The zero-order valence-electron chi connectivity index (χ0n) is 12.8. The number of hydrogen-bond acceptors (Lipinski definition) is 4. The van der Waals surface area contributed by atoms with Crippen molar-refractivity contribution in [3.05, 3.63) is 30.0 Å². The standard InChI is InChI=1S/C16H22N2O3.ClH/c1-2-3-4-5-16(19)21-20-13-6-7-15-14(10-13)12(8-9-17)11-18-15;/h6-7,10-11,18H,2-5,8-9,17H2,1H3;1H. The topological polar surface area (TPSA) is 77.3 Å². The number of hydrogen-bond donors (Lipinski definition) is 2. The summed E-state index contributed by atoms with van der Waals surface area (Å²) in [7, 11) is 0. The maximum absolute atomic E-state index is 11.5. The third-order valence-electron chi connectivity index (χ3n) is 3.37. The predicted octanol–water partition coefficient (Wildman–Crippen LogP) is 3.51. The number of fused-ring (bicyclic) bond motifs is 1. The van der Waals surface area contributed by atoms with E-state index in [1.165, 1.54) is 0 Å². The lowest BCUT2D eigenvalue weighted by Gasteiger charge is -2.05. The normalized spacial score (nSPS) is 10.3. The molecule has 2 aromatic rings. The van der Waals surface area contributed by atoms with Crippen LogP contribution in [0.5, 0.6) is 5.75 Å². The number of rotatable bonds is 8. The van der Waals surface area contributed by atoms with E-state index >= 15 is 0 Å². The monoisotopic (exact) mass is 326 g/mol. The maximum Gasteiger partial charge on any atom is 0.355 e. The van der Waals surface area contributed by atoms with Crippen LogP contribution in [-0.2, 0) is 16.1 Å². The zero-order chi connectivity index (χ0) is 15.1. The molecule has 1 heterocycles. The van der Waals surface area contributed by atoms with Crippen molar-refractivity contribution in [3.8, 4) is 5.75 Å². The van der Waals surface area contributed by atoms with Gasteiger partial charge in [0, 0.05) is 17.1 Å². The second-order valence-corrected chi connectivity index (χ2v) is 5.06. The molecule has 0 radical (unpaired) electrons. The molecule has 0 aliphatic heterocycles. The Morgan fingerprint density at radius 3 is 2.86 bits per heavy atom. The molecule has 1 aromatic carbocycles. The second-order valence-electron chi connectivity index (χ2n) is 5.06. The largest absolute Gasteiger partial charge is 0.361 e. The predicted molar refractivity (Wildman–Crippen MR) is 89.2 cm³/mol. The van der Waals surface area contributed by atoms with Gasteiger partial charge in [0.05, 0.1) is 6.42 Å². The number of unbranched alkanes of at least 4 members (excludes halogenated alkanes) is 2. The van der Waals surface area contributed by atoms with E-state index in [9.17, 15) is 4.79 Å². The van der Waals surface area contributed by atoms with Crippen molar-refractivity contribution >= 4 is 29.3 Å². The van der Waals surface area contributed by atoms with Gasteiger partial charge in [-0.3, -0.25) is 9.78 Å². The number of H-pyrrole nitrogens is 1. The Labute approximate surface area is 136 Å². The minimum atomic E-state index is -0.334. The first kappa shape index (κ1) is 18.3. The molecule has 1 aromatic heterocycles. The molecule has 0 aliphatic rings. The molecule has 22 heavy (non-hydrogen) atoms. The van der Waals surface area contributed by atoms with Gasteiger partial charge in [0.2, 0.25) is 0 Å². The summed E-state index contributed by atoms with van der Waals surface area (Å²) in [6, 6.07) is 5.52. The van der Waals surface area contributed by atoms with Crippen LogP contribution in [0.1, 0.15) is 38.2 Å². The van der Waals surface area contributed by atoms with Crippen molar-refractivity contribution in [2.75, 3.05) is 6.54 Å². The van der Waals surface area contributed by atoms with Crippen molar-refractivity contribution in [2.24, 2.45) is 5.73 Å². The van der Waals surface area contributed by atoms with Gasteiger partial charge < -0.3 is 10.7 Å². The third-order valence-corrected chi connectivity index (χ3v) is 3.37. The number of carbonyl (C=O) groups excluding carboxylic acids is 1. The first-order chi connectivity index (χ1) is 10.2. The van der Waals surface area contributed by atoms with Crippen LogP contribution in [-0.4, -0.2) is 17.5 Å². The molecule has 6 heteroatoms. The van der Waals surface area contributed by atoms with Gasteiger partial charge in [-0.05, 0) is 43.1 Å². The maximum atomic E-state index is 11.5. The summed E-state index contributed by atoms with van der Waals surface area (Å²) in [5, 5.41) is 1.04. The molecule has 0 spiro atoms. The molecular formula is C16H23ClN2O3. The molecule has 0 unspecified atom stereocenters. The van der Waals surface area contributed by atoms with Crippen molar-refractivity contribution < 1.29 is 14.6 Å². The first-order valence-corrected chi connectivity index (χ1v) is 7.42. The highest BCUT2D eigenvalue weighted by molar-refractivity contribution is 5.85. The zero-order valence-corrected chi connectivity index (χ0v) is 13.6. The van der Waals surface area contributed by atoms with Crippen LogP contribution in [0.15, 0.2) is 24.4 Å². The fourth-order valence-electron chi connectivity index (χ4n) is 2.23. The highest BCUT2D eigenvalue weighted by Gasteiger charge is 2.08. The van der Waals surface area contributed by atoms with Crippen LogP contribution < -0.4 is 10.6 Å². The average molecular weight is 327 g/mol. The van der Waals surface area contributed by atoms with E-state index in [0.29, 0.717) is 18.7 Å². The lowest BCUT2D eigenvalue weighted by atomic mass is 10.1. The molecular weight excluding hydrogens is 304 g/mol. The van der Waals surface area contributed by atoms with E-state index in [0.717, 1.165) is 42.1 Å². The van der Waals surface area contributed by atoms with E-state index < -0.39 is 0 Å². The minimum Gasteiger partial charge on any atom is -0.361 e. The highest BCUT2D eigenvalue weighted by Crippen LogP contribution is 2.24. The van der Waals surface area contributed by atoms with Crippen molar-refractivity contribution in [1.82, 2.24) is 4.98 Å². The molecule has 0 bridgehead atoms. The molecule has 0 fully saturated rings. The molecule has 122 valence electrons. The van der Waals surface area contributed by atoms with Crippen LogP contribution in [0.4, 0.5) is 0 Å². The van der Waals surface area contributed by atoms with Crippen LogP contribution >= 0.6 is 12.4 Å². The van der Waals surface area contributed by atoms with Crippen LogP contribution in [0.25, 0.3) is 10.9 Å². The van der Waals surface area contributed by atoms with Crippen molar-refractivity contribution in [3.63, 3.8) is 0 Å². The average Bonchev–Trinajstić information content (AvgIpc) is 2.88. The summed E-state index contributed by atoms with van der Waals surface area (Å²) in [5.41, 5.74) is 7.74. The molecule has 0 aliphatic carbocycles. The Hall–Kier alpha value is -1.72. The molecule has 0 saturated heterocycles. The lowest BCUT2D eigenvalue weighted by molar-refractivity contribution is -0.213. The van der Waals surface area contributed by atoms with Gasteiger partial charge in [-0.2, -0.15) is 0 Å². The van der Waals surface area contributed by atoms with Gasteiger partial charge in [-0.1, -0.05) is 19.8 Å². The Balaban J connectivity index is 0.00000242. The first-order valence-electron chi connectivity index (χ1n) is 7.42. The number of aromatic amines is 1. The van der Waals surface area contributed by atoms with Crippen LogP contribution in [0, 0.1) is 0 Å². The number of carbonyl (C=O) groups is 1. The van der Waals surface area contributed by atoms with Gasteiger partial charge in [-0.25, -0.2) is 4.79 Å². The van der Waals surface area contributed by atoms with Crippen molar-refractivity contribution in [1.29, 1.82) is 0 Å². The minimum absolute atomic E-state index is 0. The molecule has 2 rings (SSSR count). The van der Waals surface area contributed by atoms with Gasteiger partial charge in [0.25, 0.3) is 0 Å². The summed E-state index contributed by atoms with van der Waals surface area (Å²) >= 11 is 0. The molecule has 0 saturated carbocycles. The number of nitrogens with one attached hydrogen (secondary N) is 1. The van der Waals surface area contributed by atoms with E-state index in [1.807, 2.05) is 18.3 Å². The van der Waals surface area contributed by atoms with E-state index in [-0.39, 0.29) is 18.4 Å². The molecule has 0 amide bonds. The summed E-state index contributed by atoms with van der Waals surface area (Å²) in [6.07, 6.45) is 6.04. The summed E-state index contributed by atoms with van der Waals surface area (Å²) < 4.78 is 0. The molecule has 3 N–H and O–H groups in total. The van der Waals surface area contributed by atoms with Crippen molar-refractivity contribution in [2.45, 2.75) is 39.0 Å². The Morgan fingerprint density at radius 1 is 1.32 bits per heavy atom. The fourth-order valence-corrected chi connectivity index (χ4v) is 2.23. The van der Waals surface area contributed by atoms with E-state index in [4.69, 9.17) is 15.5 Å². The number of nitrogens with two attached hydrogens (primary N) is 1. The SMILES string of the molecule is CCCCCC(=O)OOc1ccc2[nH]cc(CCN)c2c1.Cl. The Bertz CT molecular complexity index is 598. The highest BCUT2D eigenvalue weighted by atomic mass is 35.5. The smallest absolute Gasteiger partial charge is 0.355 e. The fraction of sp³-hybridized carbons (Fsp3) is 0.438.